The van der Waals surface area contributed by atoms with Gasteiger partial charge in [0, 0.05) is 11.3 Å². The van der Waals surface area contributed by atoms with Crippen LogP contribution in [0.1, 0.15) is 15.9 Å². The van der Waals surface area contributed by atoms with Gasteiger partial charge in [-0.2, -0.15) is 0 Å². The Balaban J connectivity index is 1.83. The van der Waals surface area contributed by atoms with Crippen molar-refractivity contribution < 1.29 is 22.8 Å². The molecule has 1 fully saturated rings. The second-order valence-corrected chi connectivity index (χ2v) is 8.74. The van der Waals surface area contributed by atoms with E-state index in [1.165, 1.54) is 17.0 Å². The molecule has 0 aromatic heterocycles. The Kier molecular flexibility index (Phi) is 5.90. The number of ether oxygens (including phenoxy) is 1. The molecule has 150 valence electrons. The van der Waals surface area contributed by atoms with E-state index in [2.05, 4.69) is 11.8 Å². The third-order valence-corrected chi connectivity index (χ3v) is 6.38. The van der Waals surface area contributed by atoms with Gasteiger partial charge in [-0.1, -0.05) is 6.07 Å². The topological polar surface area (TPSA) is 80.1 Å². The van der Waals surface area contributed by atoms with Gasteiger partial charge in [-0.25, -0.2) is 8.42 Å². The SMILES string of the molecule is COc1ccc(NS(=O)(=O)c2ccc(C)c(C(=O)N3CC[NH+](C)CC3)c2)cc1. The Morgan fingerprint density at radius 2 is 1.75 bits per heavy atom. The lowest BCUT2D eigenvalue weighted by Crippen LogP contribution is -3.12. The van der Waals surface area contributed by atoms with E-state index in [1.54, 1.807) is 42.3 Å². The number of benzene rings is 2. The van der Waals surface area contributed by atoms with E-state index in [9.17, 15) is 13.2 Å². The minimum atomic E-state index is -3.81. The Morgan fingerprint density at radius 1 is 1.11 bits per heavy atom. The molecule has 0 saturated carbocycles. The van der Waals surface area contributed by atoms with Crippen LogP contribution in [0, 0.1) is 6.92 Å². The third kappa shape index (κ3) is 4.45. The van der Waals surface area contributed by atoms with Crippen molar-refractivity contribution in [3.05, 3.63) is 53.6 Å². The molecule has 0 aliphatic carbocycles. The zero-order valence-corrected chi connectivity index (χ0v) is 17.2. The van der Waals surface area contributed by atoms with Crippen molar-refractivity contribution in [1.29, 1.82) is 0 Å². The van der Waals surface area contributed by atoms with Crippen LogP contribution >= 0.6 is 0 Å². The number of amides is 1. The van der Waals surface area contributed by atoms with E-state index in [0.29, 0.717) is 30.1 Å². The molecule has 28 heavy (non-hydrogen) atoms. The lowest BCUT2D eigenvalue weighted by molar-refractivity contribution is -0.883. The van der Waals surface area contributed by atoms with Crippen LogP contribution in [0.2, 0.25) is 0 Å². The van der Waals surface area contributed by atoms with Gasteiger partial charge in [0.1, 0.15) is 5.75 Å². The van der Waals surface area contributed by atoms with Crippen molar-refractivity contribution in [2.45, 2.75) is 11.8 Å². The predicted molar refractivity (Wildman–Crippen MR) is 108 cm³/mol. The number of carbonyl (C=O) groups is 1. The number of rotatable bonds is 5. The Labute approximate surface area is 166 Å². The molecule has 1 heterocycles. The number of nitrogens with zero attached hydrogens (tertiary/aromatic N) is 1. The van der Waals surface area contributed by atoms with E-state index in [1.807, 2.05) is 6.92 Å². The number of hydrogen-bond acceptors (Lipinski definition) is 4. The average Bonchev–Trinajstić information content (AvgIpc) is 2.68. The molecule has 1 aliphatic rings. The predicted octanol–water partition coefficient (Wildman–Crippen LogP) is 0.775. The van der Waals surface area contributed by atoms with E-state index in [-0.39, 0.29) is 10.8 Å². The molecule has 0 spiro atoms. The number of anilines is 1. The molecule has 2 N–H and O–H groups in total. The number of nitrogens with one attached hydrogen (secondary N) is 2. The molecule has 1 aliphatic heterocycles. The molecule has 1 amide bonds. The van der Waals surface area contributed by atoms with Gasteiger partial charge in [0.05, 0.1) is 45.2 Å². The van der Waals surface area contributed by atoms with Gasteiger partial charge in [0.15, 0.2) is 0 Å². The summed E-state index contributed by atoms with van der Waals surface area (Å²) in [5, 5.41) is 0. The number of carbonyl (C=O) groups excluding carboxylic acids is 1. The molecule has 3 rings (SSSR count). The average molecular weight is 405 g/mol. The summed E-state index contributed by atoms with van der Waals surface area (Å²) in [7, 11) is -0.161. The highest BCUT2D eigenvalue weighted by Gasteiger charge is 2.25. The molecule has 0 atom stereocenters. The van der Waals surface area contributed by atoms with E-state index < -0.39 is 10.0 Å². The van der Waals surface area contributed by atoms with Crippen LogP contribution in [0.15, 0.2) is 47.4 Å². The van der Waals surface area contributed by atoms with Gasteiger partial charge in [0.25, 0.3) is 15.9 Å². The number of hydrogen-bond donors (Lipinski definition) is 2. The fourth-order valence-electron chi connectivity index (χ4n) is 3.13. The normalized spacial score (nSPS) is 15.3. The molecule has 0 unspecified atom stereocenters. The first-order chi connectivity index (χ1) is 13.3. The first-order valence-electron chi connectivity index (χ1n) is 9.18. The third-order valence-electron chi connectivity index (χ3n) is 5.00. The van der Waals surface area contributed by atoms with Crippen molar-refractivity contribution in [2.24, 2.45) is 0 Å². The van der Waals surface area contributed by atoms with Crippen molar-refractivity contribution in [2.75, 3.05) is 45.1 Å². The summed E-state index contributed by atoms with van der Waals surface area (Å²) in [4.78, 5) is 16.2. The zero-order chi connectivity index (χ0) is 20.3. The van der Waals surface area contributed by atoms with E-state index in [4.69, 9.17) is 4.74 Å². The summed E-state index contributed by atoms with van der Waals surface area (Å²) in [6, 6.07) is 11.3. The molecule has 0 radical (unpaired) electrons. The van der Waals surface area contributed by atoms with Gasteiger partial charge in [-0.05, 0) is 48.9 Å². The van der Waals surface area contributed by atoms with Crippen molar-refractivity contribution in [1.82, 2.24) is 4.90 Å². The van der Waals surface area contributed by atoms with Crippen LogP contribution < -0.4 is 14.4 Å². The summed E-state index contributed by atoms with van der Waals surface area (Å²) >= 11 is 0. The minimum Gasteiger partial charge on any atom is -0.497 e. The summed E-state index contributed by atoms with van der Waals surface area (Å²) in [6.45, 7) is 4.95. The van der Waals surface area contributed by atoms with E-state index in [0.717, 1.165) is 18.7 Å². The quantitative estimate of drug-likeness (QED) is 0.772. The van der Waals surface area contributed by atoms with Crippen molar-refractivity contribution in [3.8, 4) is 5.75 Å². The zero-order valence-electron chi connectivity index (χ0n) is 16.4. The minimum absolute atomic E-state index is 0.0667. The van der Waals surface area contributed by atoms with Crippen LogP contribution in [0.3, 0.4) is 0 Å². The summed E-state index contributed by atoms with van der Waals surface area (Å²) in [5.41, 5.74) is 1.62. The van der Waals surface area contributed by atoms with Crippen LogP contribution in [0.25, 0.3) is 0 Å². The maximum atomic E-state index is 12.9. The number of sulfonamides is 1. The maximum absolute atomic E-state index is 12.9. The second-order valence-electron chi connectivity index (χ2n) is 7.06. The lowest BCUT2D eigenvalue weighted by atomic mass is 10.1. The van der Waals surface area contributed by atoms with Crippen LogP contribution in [0.5, 0.6) is 5.75 Å². The first kappa shape index (κ1) is 20.2. The highest BCUT2D eigenvalue weighted by molar-refractivity contribution is 7.92. The largest absolute Gasteiger partial charge is 0.497 e. The molecular weight excluding hydrogens is 378 g/mol. The maximum Gasteiger partial charge on any atom is 0.261 e. The summed E-state index contributed by atoms with van der Waals surface area (Å²) in [5.74, 6) is 0.520. The van der Waals surface area contributed by atoms with Gasteiger partial charge in [0.2, 0.25) is 0 Å². The van der Waals surface area contributed by atoms with Crippen LogP contribution in [0.4, 0.5) is 5.69 Å². The highest BCUT2D eigenvalue weighted by atomic mass is 32.2. The highest BCUT2D eigenvalue weighted by Crippen LogP contribution is 2.22. The molecule has 7 nitrogen and oxygen atoms in total. The molecule has 2 aromatic rings. The Hall–Kier alpha value is -2.58. The van der Waals surface area contributed by atoms with Gasteiger partial charge < -0.3 is 14.5 Å². The number of likely N-dealkylation sites (N-methyl/N-ethyl adjacent to an activating group) is 1. The van der Waals surface area contributed by atoms with E-state index >= 15 is 0 Å². The molecule has 1 saturated heterocycles. The van der Waals surface area contributed by atoms with Gasteiger partial charge >= 0.3 is 0 Å². The standard InChI is InChI=1S/C20H25N3O4S/c1-15-4-9-18(14-19(15)20(24)23-12-10-22(2)11-13-23)28(25,26)21-16-5-7-17(27-3)8-6-16/h4-9,14,21H,10-13H2,1-3H3/p+1. The first-order valence-corrected chi connectivity index (χ1v) is 10.7. The molecule has 8 heteroatoms. The lowest BCUT2D eigenvalue weighted by Gasteiger charge is -2.30. The Morgan fingerprint density at radius 3 is 2.36 bits per heavy atom. The number of quaternary nitrogens is 1. The van der Waals surface area contributed by atoms with Gasteiger partial charge in [-0.3, -0.25) is 9.52 Å². The van der Waals surface area contributed by atoms with Crippen LogP contribution in [-0.2, 0) is 10.0 Å². The Bertz CT molecular complexity index is 950. The molecule has 2 aromatic carbocycles. The number of methoxy groups -OCH3 is 1. The summed E-state index contributed by atoms with van der Waals surface area (Å²) < 4.78 is 33.2. The second kappa shape index (κ2) is 8.20. The fraction of sp³-hybridized carbons (Fsp3) is 0.350. The molecular formula is C20H26N3O4S+. The van der Waals surface area contributed by atoms with Gasteiger partial charge in [-0.15, -0.1) is 0 Å². The smallest absolute Gasteiger partial charge is 0.261 e. The number of aryl methyl sites for hydroxylation is 1. The fourth-order valence-corrected chi connectivity index (χ4v) is 4.22. The van der Waals surface area contributed by atoms with Crippen molar-refractivity contribution in [3.63, 3.8) is 0 Å². The summed E-state index contributed by atoms with van der Waals surface area (Å²) in [6.07, 6.45) is 0. The van der Waals surface area contributed by atoms with Crippen molar-refractivity contribution >= 4 is 21.6 Å². The number of piperazine rings is 1. The monoisotopic (exact) mass is 404 g/mol. The molecule has 0 bridgehead atoms. The van der Waals surface area contributed by atoms with Crippen LogP contribution in [-0.4, -0.2) is 59.6 Å².